The van der Waals surface area contributed by atoms with E-state index in [1.54, 1.807) is 0 Å². The van der Waals surface area contributed by atoms with Crippen molar-refractivity contribution in [2.24, 2.45) is 17.8 Å². The second-order valence-corrected chi connectivity index (χ2v) is 8.27. The molecular formula is C17H31NO. The van der Waals surface area contributed by atoms with E-state index in [1.165, 1.54) is 51.5 Å². The molecule has 1 N–H and O–H groups in total. The summed E-state index contributed by atoms with van der Waals surface area (Å²) in [6.07, 6.45) is 9.66. The van der Waals surface area contributed by atoms with Crippen LogP contribution in [0.5, 0.6) is 0 Å². The molecule has 0 amide bonds. The Morgan fingerprint density at radius 3 is 2.47 bits per heavy atom. The lowest BCUT2D eigenvalue weighted by molar-refractivity contribution is -0.158. The maximum atomic E-state index is 6.08. The van der Waals surface area contributed by atoms with E-state index in [0.29, 0.717) is 5.60 Å². The van der Waals surface area contributed by atoms with Gasteiger partial charge in [-0.2, -0.15) is 0 Å². The van der Waals surface area contributed by atoms with E-state index in [-0.39, 0.29) is 5.54 Å². The quantitative estimate of drug-likeness (QED) is 0.839. The number of nitrogens with one attached hydrogen (secondary N) is 1. The average molecular weight is 265 g/mol. The summed E-state index contributed by atoms with van der Waals surface area (Å²) in [4.78, 5) is 0. The first-order valence-electron chi connectivity index (χ1n) is 8.36. The van der Waals surface area contributed by atoms with Gasteiger partial charge < -0.3 is 10.1 Å². The van der Waals surface area contributed by atoms with Crippen LogP contribution < -0.4 is 5.32 Å². The third kappa shape index (κ3) is 3.00. The van der Waals surface area contributed by atoms with E-state index in [4.69, 9.17) is 4.74 Å². The van der Waals surface area contributed by atoms with Crippen LogP contribution in [0.1, 0.15) is 65.7 Å². The molecule has 0 aromatic heterocycles. The fourth-order valence-corrected chi connectivity index (χ4v) is 4.26. The molecule has 1 saturated heterocycles. The van der Waals surface area contributed by atoms with Crippen molar-refractivity contribution in [2.75, 3.05) is 13.2 Å². The Morgan fingerprint density at radius 1 is 1.16 bits per heavy atom. The van der Waals surface area contributed by atoms with Crippen LogP contribution in [0, 0.1) is 17.8 Å². The lowest BCUT2D eigenvalue weighted by Gasteiger charge is -2.52. The third-order valence-electron chi connectivity index (χ3n) is 5.77. The molecule has 3 atom stereocenters. The second kappa shape index (κ2) is 5.04. The summed E-state index contributed by atoms with van der Waals surface area (Å²) in [6, 6.07) is 0. The number of ether oxygens (including phenoxy) is 1. The van der Waals surface area contributed by atoms with Crippen molar-refractivity contribution in [2.45, 2.75) is 76.9 Å². The van der Waals surface area contributed by atoms with Gasteiger partial charge in [0.25, 0.3) is 0 Å². The van der Waals surface area contributed by atoms with Gasteiger partial charge in [0, 0.05) is 12.1 Å². The molecule has 1 aliphatic heterocycles. The summed E-state index contributed by atoms with van der Waals surface area (Å²) < 4.78 is 6.08. The Hall–Kier alpha value is -0.0800. The van der Waals surface area contributed by atoms with Crippen molar-refractivity contribution in [3.05, 3.63) is 0 Å². The van der Waals surface area contributed by atoms with Gasteiger partial charge in [0.1, 0.15) is 0 Å². The van der Waals surface area contributed by atoms with E-state index in [1.807, 2.05) is 0 Å². The standard InChI is InChI=1S/C17H31NO/c1-16(2,3)18-12-14-5-6-15(14)13-7-10-19-17(11-13)8-4-9-17/h13-15,18H,4-12H2,1-3H3. The Kier molecular flexibility index (Phi) is 3.68. The van der Waals surface area contributed by atoms with Crippen LogP contribution in [0.15, 0.2) is 0 Å². The minimum atomic E-state index is 0.269. The van der Waals surface area contributed by atoms with Gasteiger partial charge >= 0.3 is 0 Å². The van der Waals surface area contributed by atoms with Gasteiger partial charge in [-0.1, -0.05) is 0 Å². The highest BCUT2D eigenvalue weighted by atomic mass is 16.5. The molecule has 2 aliphatic carbocycles. The lowest BCUT2D eigenvalue weighted by atomic mass is 9.60. The number of hydrogen-bond acceptors (Lipinski definition) is 2. The highest BCUT2D eigenvalue weighted by molar-refractivity contribution is 4.98. The third-order valence-corrected chi connectivity index (χ3v) is 5.77. The van der Waals surface area contributed by atoms with Gasteiger partial charge in [0.15, 0.2) is 0 Å². The van der Waals surface area contributed by atoms with Crippen molar-refractivity contribution >= 4 is 0 Å². The van der Waals surface area contributed by atoms with Gasteiger partial charge in [-0.15, -0.1) is 0 Å². The first kappa shape index (κ1) is 13.9. The highest BCUT2D eigenvalue weighted by Gasteiger charge is 2.47. The molecule has 19 heavy (non-hydrogen) atoms. The van der Waals surface area contributed by atoms with Crippen molar-refractivity contribution in [1.29, 1.82) is 0 Å². The summed E-state index contributed by atoms with van der Waals surface area (Å²) in [5, 5.41) is 3.71. The molecule has 0 bridgehead atoms. The summed E-state index contributed by atoms with van der Waals surface area (Å²) in [5.41, 5.74) is 0.603. The smallest absolute Gasteiger partial charge is 0.0685 e. The molecule has 1 heterocycles. The maximum absolute atomic E-state index is 6.08. The van der Waals surface area contributed by atoms with Crippen LogP contribution >= 0.6 is 0 Å². The Labute approximate surface area is 118 Å². The molecule has 3 aliphatic rings. The molecule has 0 radical (unpaired) electrons. The topological polar surface area (TPSA) is 21.3 Å². The first-order chi connectivity index (χ1) is 8.98. The minimum absolute atomic E-state index is 0.269. The minimum Gasteiger partial charge on any atom is -0.375 e. The normalized spacial score (nSPS) is 37.7. The van der Waals surface area contributed by atoms with Crippen molar-refractivity contribution < 1.29 is 4.74 Å². The number of rotatable bonds is 3. The van der Waals surface area contributed by atoms with Gasteiger partial charge in [0.2, 0.25) is 0 Å². The lowest BCUT2D eigenvalue weighted by Crippen LogP contribution is -2.51. The largest absolute Gasteiger partial charge is 0.375 e. The van der Waals surface area contributed by atoms with E-state index >= 15 is 0 Å². The van der Waals surface area contributed by atoms with Gasteiger partial charge in [-0.25, -0.2) is 0 Å². The monoisotopic (exact) mass is 265 g/mol. The van der Waals surface area contributed by atoms with Gasteiger partial charge in [0.05, 0.1) is 5.60 Å². The molecule has 110 valence electrons. The summed E-state index contributed by atoms with van der Waals surface area (Å²) in [7, 11) is 0. The molecule has 2 saturated carbocycles. The maximum Gasteiger partial charge on any atom is 0.0685 e. The molecule has 2 nitrogen and oxygen atoms in total. The zero-order valence-corrected chi connectivity index (χ0v) is 13.0. The summed E-state index contributed by atoms with van der Waals surface area (Å²) in [5.74, 6) is 2.87. The zero-order chi connectivity index (χ0) is 13.5. The van der Waals surface area contributed by atoms with E-state index < -0.39 is 0 Å². The molecule has 3 unspecified atom stereocenters. The zero-order valence-electron chi connectivity index (χ0n) is 13.0. The summed E-state index contributed by atoms with van der Waals surface area (Å²) in [6.45, 7) is 9.08. The van der Waals surface area contributed by atoms with Crippen LogP contribution in [-0.2, 0) is 4.74 Å². The Morgan fingerprint density at radius 2 is 1.95 bits per heavy atom. The fourth-order valence-electron chi connectivity index (χ4n) is 4.26. The van der Waals surface area contributed by atoms with Crippen LogP contribution in [0.2, 0.25) is 0 Å². The predicted octanol–water partition coefficient (Wildman–Crippen LogP) is 3.75. The summed E-state index contributed by atoms with van der Waals surface area (Å²) >= 11 is 0. The predicted molar refractivity (Wildman–Crippen MR) is 79.2 cm³/mol. The van der Waals surface area contributed by atoms with E-state index in [9.17, 15) is 0 Å². The molecular weight excluding hydrogens is 234 g/mol. The Bertz CT molecular complexity index is 316. The second-order valence-electron chi connectivity index (χ2n) is 8.27. The van der Waals surface area contributed by atoms with Crippen LogP contribution in [0.4, 0.5) is 0 Å². The van der Waals surface area contributed by atoms with Crippen LogP contribution in [0.3, 0.4) is 0 Å². The molecule has 3 rings (SSSR count). The molecule has 0 aromatic rings. The van der Waals surface area contributed by atoms with Crippen LogP contribution in [-0.4, -0.2) is 24.3 Å². The average Bonchev–Trinajstić information content (AvgIpc) is 2.24. The van der Waals surface area contributed by atoms with Crippen LogP contribution in [0.25, 0.3) is 0 Å². The van der Waals surface area contributed by atoms with E-state index in [0.717, 1.165) is 24.4 Å². The van der Waals surface area contributed by atoms with Gasteiger partial charge in [-0.05, 0) is 90.0 Å². The van der Waals surface area contributed by atoms with Crippen molar-refractivity contribution in [1.82, 2.24) is 5.32 Å². The van der Waals surface area contributed by atoms with Crippen molar-refractivity contribution in [3.63, 3.8) is 0 Å². The molecule has 3 fully saturated rings. The fraction of sp³-hybridized carbons (Fsp3) is 1.00. The van der Waals surface area contributed by atoms with Gasteiger partial charge in [-0.3, -0.25) is 0 Å². The number of hydrogen-bond donors (Lipinski definition) is 1. The molecule has 2 heteroatoms. The SMILES string of the molecule is CC(C)(C)NCC1CCC1C1CCOC2(CCC2)C1. The Balaban J connectivity index is 1.51. The van der Waals surface area contributed by atoms with E-state index in [2.05, 4.69) is 26.1 Å². The molecule has 1 spiro atoms. The van der Waals surface area contributed by atoms with Crippen molar-refractivity contribution in [3.8, 4) is 0 Å². The first-order valence-corrected chi connectivity index (χ1v) is 8.36. The molecule has 0 aromatic carbocycles. The highest BCUT2D eigenvalue weighted by Crippen LogP contribution is 2.51.